The molecule has 70 valence electrons. The van der Waals surface area contributed by atoms with Crippen LogP contribution in [0.25, 0.3) is 10.8 Å². The van der Waals surface area contributed by atoms with Crippen molar-refractivity contribution in [2.24, 2.45) is 5.16 Å². The zero-order valence-electron chi connectivity index (χ0n) is 7.31. The smallest absolute Gasteiger partial charge is 0.175 e. The fraction of sp³-hybridized carbons (Fsp3) is 0. The predicted octanol–water partition coefficient (Wildman–Crippen LogP) is 3.21. The van der Waals surface area contributed by atoms with Gasteiger partial charge in [0.1, 0.15) is 0 Å². The van der Waals surface area contributed by atoms with Crippen LogP contribution in [0.3, 0.4) is 0 Å². The van der Waals surface area contributed by atoms with Crippen LogP contribution in [0.15, 0.2) is 47.6 Å². The molecule has 2 aromatic rings. The minimum absolute atomic E-state index is 0.107. The molecule has 2 aromatic carbocycles. The van der Waals surface area contributed by atoms with Gasteiger partial charge in [0.15, 0.2) is 5.17 Å². The molecule has 14 heavy (non-hydrogen) atoms. The van der Waals surface area contributed by atoms with Crippen molar-refractivity contribution in [1.29, 1.82) is 0 Å². The Bertz CT molecular complexity index is 493. The molecular weight excluding hydrogens is 198 g/mol. The van der Waals surface area contributed by atoms with Gasteiger partial charge in [0.25, 0.3) is 0 Å². The van der Waals surface area contributed by atoms with Crippen LogP contribution in [-0.2, 0) is 0 Å². The molecule has 0 radical (unpaired) electrons. The number of hydrogen-bond acceptors (Lipinski definition) is 2. The third kappa shape index (κ3) is 1.56. The van der Waals surface area contributed by atoms with Gasteiger partial charge in [-0.3, -0.25) is 0 Å². The van der Waals surface area contributed by atoms with Crippen LogP contribution in [0.2, 0.25) is 0 Å². The fourth-order valence-corrected chi connectivity index (χ4v) is 1.49. The standard InChI is InChI=1S/C11H8ClNO/c12-11(13-14)10-6-5-8-3-1-2-4-9(8)7-10/h1-7,14H/b13-11+. The summed E-state index contributed by atoms with van der Waals surface area (Å²) in [6.07, 6.45) is 0. The van der Waals surface area contributed by atoms with Crippen LogP contribution in [0.4, 0.5) is 0 Å². The SMILES string of the molecule is O/N=C(/Cl)c1ccc2ccccc2c1. The second kappa shape index (κ2) is 3.68. The van der Waals surface area contributed by atoms with E-state index in [1.165, 1.54) is 0 Å². The van der Waals surface area contributed by atoms with Gasteiger partial charge >= 0.3 is 0 Å². The van der Waals surface area contributed by atoms with Crippen molar-refractivity contribution in [2.45, 2.75) is 0 Å². The second-order valence-corrected chi connectivity index (χ2v) is 3.31. The average molecular weight is 206 g/mol. The molecule has 3 heteroatoms. The Morgan fingerprint density at radius 1 is 1.07 bits per heavy atom. The van der Waals surface area contributed by atoms with E-state index in [9.17, 15) is 0 Å². The van der Waals surface area contributed by atoms with E-state index < -0.39 is 0 Å². The van der Waals surface area contributed by atoms with Crippen molar-refractivity contribution < 1.29 is 5.21 Å². The first-order valence-electron chi connectivity index (χ1n) is 4.18. The summed E-state index contributed by atoms with van der Waals surface area (Å²) < 4.78 is 0. The van der Waals surface area contributed by atoms with Gasteiger partial charge in [0.05, 0.1) is 0 Å². The van der Waals surface area contributed by atoms with E-state index in [-0.39, 0.29) is 5.17 Å². The lowest BCUT2D eigenvalue weighted by Crippen LogP contribution is -1.90. The quantitative estimate of drug-likeness (QED) is 0.433. The maximum absolute atomic E-state index is 8.52. The molecule has 0 aliphatic heterocycles. The first-order chi connectivity index (χ1) is 6.81. The molecule has 0 spiro atoms. The van der Waals surface area contributed by atoms with Crippen molar-refractivity contribution in [2.75, 3.05) is 0 Å². The highest BCUT2D eigenvalue weighted by Crippen LogP contribution is 2.16. The maximum atomic E-state index is 8.52. The highest BCUT2D eigenvalue weighted by atomic mass is 35.5. The Morgan fingerprint density at radius 3 is 2.50 bits per heavy atom. The van der Waals surface area contributed by atoms with Crippen LogP contribution >= 0.6 is 11.6 Å². The Hall–Kier alpha value is -1.54. The highest BCUT2D eigenvalue weighted by Gasteiger charge is 2.00. The molecule has 0 atom stereocenters. The van der Waals surface area contributed by atoms with Gasteiger partial charge in [-0.1, -0.05) is 53.2 Å². The van der Waals surface area contributed by atoms with Crippen LogP contribution in [0, 0.1) is 0 Å². The molecule has 0 unspecified atom stereocenters. The minimum Gasteiger partial charge on any atom is -0.410 e. The molecule has 0 saturated carbocycles. The molecule has 2 rings (SSSR count). The number of oxime groups is 1. The number of halogens is 1. The van der Waals surface area contributed by atoms with Gasteiger partial charge in [0.2, 0.25) is 0 Å². The predicted molar refractivity (Wildman–Crippen MR) is 58.1 cm³/mol. The lowest BCUT2D eigenvalue weighted by atomic mass is 10.1. The van der Waals surface area contributed by atoms with Crippen LogP contribution in [-0.4, -0.2) is 10.4 Å². The Labute approximate surface area is 86.4 Å². The molecule has 0 fully saturated rings. The zero-order valence-corrected chi connectivity index (χ0v) is 8.07. The van der Waals surface area contributed by atoms with Gasteiger partial charge in [-0.25, -0.2) is 0 Å². The lowest BCUT2D eigenvalue weighted by molar-refractivity contribution is 0.321. The summed E-state index contributed by atoms with van der Waals surface area (Å²) in [7, 11) is 0. The number of fused-ring (bicyclic) bond motifs is 1. The van der Waals surface area contributed by atoms with Crippen LogP contribution in [0.5, 0.6) is 0 Å². The average Bonchev–Trinajstić information content (AvgIpc) is 2.27. The summed E-state index contributed by atoms with van der Waals surface area (Å²) in [6.45, 7) is 0. The monoisotopic (exact) mass is 205 g/mol. The van der Waals surface area contributed by atoms with E-state index in [2.05, 4.69) is 5.16 Å². The Morgan fingerprint density at radius 2 is 1.79 bits per heavy atom. The third-order valence-electron chi connectivity index (χ3n) is 2.08. The van der Waals surface area contributed by atoms with Gasteiger partial charge < -0.3 is 5.21 Å². The first kappa shape index (κ1) is 9.03. The van der Waals surface area contributed by atoms with Gasteiger partial charge in [-0.05, 0) is 16.8 Å². The Kier molecular flexibility index (Phi) is 2.37. The van der Waals surface area contributed by atoms with Crippen LogP contribution in [0.1, 0.15) is 5.56 Å². The fourth-order valence-electron chi connectivity index (χ4n) is 1.38. The van der Waals surface area contributed by atoms with Crippen molar-refractivity contribution in [3.05, 3.63) is 48.0 Å². The van der Waals surface area contributed by atoms with E-state index in [0.29, 0.717) is 5.56 Å². The maximum Gasteiger partial charge on any atom is 0.175 e. The Balaban J connectivity index is 2.62. The number of nitrogens with zero attached hydrogens (tertiary/aromatic N) is 1. The van der Waals surface area contributed by atoms with E-state index in [4.69, 9.17) is 16.8 Å². The molecule has 0 aliphatic rings. The molecular formula is C11H8ClNO. The molecule has 0 heterocycles. The van der Waals surface area contributed by atoms with E-state index in [1.54, 1.807) is 0 Å². The summed E-state index contributed by atoms with van der Waals surface area (Å²) in [4.78, 5) is 0. The van der Waals surface area contributed by atoms with Gasteiger partial charge in [-0.15, -0.1) is 0 Å². The van der Waals surface area contributed by atoms with Crippen molar-refractivity contribution in [1.82, 2.24) is 0 Å². The molecule has 0 saturated heterocycles. The summed E-state index contributed by atoms with van der Waals surface area (Å²) in [5, 5.41) is 13.8. The molecule has 1 N–H and O–H groups in total. The normalized spacial score (nSPS) is 11.9. The molecule has 0 amide bonds. The highest BCUT2D eigenvalue weighted by molar-refractivity contribution is 6.69. The molecule has 0 aromatic heterocycles. The number of rotatable bonds is 1. The van der Waals surface area contributed by atoms with Gasteiger partial charge in [-0.2, -0.15) is 0 Å². The minimum atomic E-state index is 0.107. The summed E-state index contributed by atoms with van der Waals surface area (Å²) in [5.41, 5.74) is 0.716. The molecule has 0 aliphatic carbocycles. The van der Waals surface area contributed by atoms with Crippen LogP contribution < -0.4 is 0 Å². The molecule has 2 nitrogen and oxygen atoms in total. The van der Waals surface area contributed by atoms with E-state index in [0.717, 1.165) is 10.8 Å². The summed E-state index contributed by atoms with van der Waals surface area (Å²) >= 11 is 5.69. The van der Waals surface area contributed by atoms with E-state index >= 15 is 0 Å². The summed E-state index contributed by atoms with van der Waals surface area (Å²) in [6, 6.07) is 13.6. The summed E-state index contributed by atoms with van der Waals surface area (Å²) in [5.74, 6) is 0. The zero-order chi connectivity index (χ0) is 9.97. The van der Waals surface area contributed by atoms with Crippen molar-refractivity contribution in [3.63, 3.8) is 0 Å². The second-order valence-electron chi connectivity index (χ2n) is 2.95. The largest absolute Gasteiger partial charge is 0.410 e. The third-order valence-corrected chi connectivity index (χ3v) is 2.37. The van der Waals surface area contributed by atoms with Gasteiger partial charge in [0, 0.05) is 5.56 Å². The van der Waals surface area contributed by atoms with Crippen molar-refractivity contribution in [3.8, 4) is 0 Å². The molecule has 0 bridgehead atoms. The number of hydrogen-bond donors (Lipinski definition) is 1. The lowest BCUT2D eigenvalue weighted by Gasteiger charge is -2.00. The number of benzene rings is 2. The van der Waals surface area contributed by atoms with Crippen molar-refractivity contribution >= 4 is 27.5 Å². The van der Waals surface area contributed by atoms with E-state index in [1.807, 2.05) is 42.5 Å². The first-order valence-corrected chi connectivity index (χ1v) is 4.56. The topological polar surface area (TPSA) is 32.6 Å².